The molecule has 0 aromatic heterocycles. The van der Waals surface area contributed by atoms with Gasteiger partial charge in [0.2, 0.25) is 0 Å². The van der Waals surface area contributed by atoms with E-state index in [0.717, 1.165) is 31.2 Å². The zero-order chi connectivity index (χ0) is 18.7. The van der Waals surface area contributed by atoms with Crippen molar-refractivity contribution < 1.29 is 9.53 Å². The maximum Gasteiger partial charge on any atom is 0.352 e. The van der Waals surface area contributed by atoms with E-state index in [4.69, 9.17) is 28.0 Å². The Morgan fingerprint density at radius 2 is 1.92 bits per heavy atom. The van der Waals surface area contributed by atoms with Crippen LogP contribution in [0.5, 0.6) is 5.75 Å². The average molecular weight is 428 g/mol. The second-order valence-electron chi connectivity index (χ2n) is 5.66. The summed E-state index contributed by atoms with van der Waals surface area (Å²) in [6.45, 7) is 4.08. The molecule has 2 aromatic rings. The molecule has 0 aliphatic rings. The zero-order valence-electron chi connectivity index (χ0n) is 14.2. The van der Waals surface area contributed by atoms with Crippen LogP contribution < -0.4 is 21.4 Å². The molecular weight excluding hydrogens is 408 g/mol. The topological polar surface area (TPSA) is 84.8 Å². The van der Waals surface area contributed by atoms with E-state index in [1.807, 2.05) is 26.0 Å². The minimum absolute atomic E-state index is 0.201. The molecule has 0 saturated carbocycles. The molecule has 0 saturated heterocycles. The number of urea groups is 1. The van der Waals surface area contributed by atoms with E-state index in [2.05, 4.69) is 15.9 Å². The number of hydrogen-bond donors (Lipinski definition) is 2. The van der Waals surface area contributed by atoms with Crippen molar-refractivity contribution in [3.05, 3.63) is 56.5 Å². The van der Waals surface area contributed by atoms with Crippen LogP contribution in [-0.2, 0) is 6.61 Å². The van der Waals surface area contributed by atoms with Crippen molar-refractivity contribution in [2.75, 3.05) is 12.1 Å². The highest BCUT2D eigenvalue weighted by Crippen LogP contribution is 2.31. The second-order valence-corrected chi connectivity index (χ2v) is 6.92. The lowest BCUT2D eigenvalue weighted by atomic mass is 10.1. The lowest BCUT2D eigenvalue weighted by molar-refractivity contribution is 0.216. The minimum Gasteiger partial charge on any atom is -0.488 e. The largest absolute Gasteiger partial charge is 0.488 e. The van der Waals surface area contributed by atoms with Crippen LogP contribution in [-0.4, -0.2) is 18.1 Å². The van der Waals surface area contributed by atoms with Crippen molar-refractivity contribution in [2.45, 2.75) is 20.5 Å². The van der Waals surface area contributed by atoms with Crippen molar-refractivity contribution in [3.8, 4) is 5.75 Å². The van der Waals surface area contributed by atoms with Gasteiger partial charge in [0.25, 0.3) is 0 Å². The van der Waals surface area contributed by atoms with Gasteiger partial charge in [-0.25, -0.2) is 21.5 Å². The molecule has 0 fully saturated rings. The molecule has 0 radical (unpaired) electrons. The Labute approximate surface area is 160 Å². The predicted molar refractivity (Wildman–Crippen MR) is 103 cm³/mol. The second kappa shape index (κ2) is 8.05. The number of ether oxygens (including phenoxy) is 1. The molecule has 0 spiro atoms. The number of hydrazine groups is 2. The van der Waals surface area contributed by atoms with Crippen LogP contribution >= 0.6 is 27.5 Å². The van der Waals surface area contributed by atoms with Gasteiger partial charge < -0.3 is 4.74 Å². The van der Waals surface area contributed by atoms with Crippen molar-refractivity contribution in [2.24, 2.45) is 11.7 Å². The molecule has 2 amide bonds. The van der Waals surface area contributed by atoms with Gasteiger partial charge in [0.15, 0.2) is 0 Å². The first kappa shape index (κ1) is 19.5. The fourth-order valence-corrected chi connectivity index (χ4v) is 2.93. The number of rotatable bonds is 4. The molecule has 8 heteroatoms. The predicted octanol–water partition coefficient (Wildman–Crippen LogP) is 3.90. The molecule has 134 valence electrons. The maximum atomic E-state index is 12.0. The van der Waals surface area contributed by atoms with Gasteiger partial charge in [0.05, 0.1) is 5.69 Å². The minimum atomic E-state index is -0.547. The van der Waals surface area contributed by atoms with Gasteiger partial charge in [-0.05, 0) is 43.2 Å². The van der Waals surface area contributed by atoms with Gasteiger partial charge >= 0.3 is 6.03 Å². The number of nitrogens with two attached hydrogens (primary N) is 2. The summed E-state index contributed by atoms with van der Waals surface area (Å²) in [4.78, 5) is 12.0. The first-order valence-corrected chi connectivity index (χ1v) is 8.63. The molecule has 6 nitrogen and oxygen atoms in total. The van der Waals surface area contributed by atoms with E-state index in [-0.39, 0.29) is 6.61 Å². The van der Waals surface area contributed by atoms with E-state index in [9.17, 15) is 4.79 Å². The molecule has 2 aromatic carbocycles. The molecule has 2 rings (SSSR count). The third kappa shape index (κ3) is 4.43. The van der Waals surface area contributed by atoms with E-state index in [1.54, 1.807) is 18.2 Å². The average Bonchev–Trinajstić information content (AvgIpc) is 2.56. The van der Waals surface area contributed by atoms with Crippen LogP contribution in [0, 0.1) is 13.8 Å². The van der Waals surface area contributed by atoms with Gasteiger partial charge in [-0.3, -0.25) is 5.01 Å². The fourth-order valence-electron chi connectivity index (χ4n) is 2.30. The van der Waals surface area contributed by atoms with Crippen LogP contribution in [0.15, 0.2) is 34.8 Å². The number of carbonyl (C=O) groups is 1. The van der Waals surface area contributed by atoms with E-state index in [0.29, 0.717) is 16.5 Å². The van der Waals surface area contributed by atoms with Gasteiger partial charge in [-0.1, -0.05) is 39.7 Å². The first-order valence-electron chi connectivity index (χ1n) is 7.46. The summed E-state index contributed by atoms with van der Waals surface area (Å²) in [6.07, 6.45) is 0. The van der Waals surface area contributed by atoms with Crippen LogP contribution in [0.4, 0.5) is 10.5 Å². The molecular formula is C17H20BrClN4O2. The number of aryl methyl sites for hydroxylation is 2. The first-order chi connectivity index (χ1) is 11.7. The summed E-state index contributed by atoms with van der Waals surface area (Å²) in [6, 6.07) is 8.54. The number of halogens is 2. The number of amides is 2. The smallest absolute Gasteiger partial charge is 0.352 e. The molecule has 0 bridgehead atoms. The van der Waals surface area contributed by atoms with Crippen molar-refractivity contribution in [3.63, 3.8) is 0 Å². The highest BCUT2D eigenvalue weighted by Gasteiger charge is 2.19. The molecule has 4 N–H and O–H groups in total. The van der Waals surface area contributed by atoms with Crippen molar-refractivity contribution in [1.82, 2.24) is 5.01 Å². The van der Waals surface area contributed by atoms with Crippen molar-refractivity contribution >= 4 is 39.2 Å². The summed E-state index contributed by atoms with van der Waals surface area (Å²) in [5, 5.41) is 2.53. The Bertz CT molecular complexity index is 798. The molecule has 0 aliphatic heterocycles. The van der Waals surface area contributed by atoms with Crippen LogP contribution in [0.3, 0.4) is 0 Å². The fraction of sp³-hybridized carbons (Fsp3) is 0.235. The van der Waals surface area contributed by atoms with Gasteiger partial charge in [0.1, 0.15) is 12.4 Å². The lowest BCUT2D eigenvalue weighted by Crippen LogP contribution is -2.49. The number of nitrogens with zero attached hydrogens (tertiary/aromatic N) is 2. The van der Waals surface area contributed by atoms with Gasteiger partial charge in [-0.2, -0.15) is 0 Å². The number of carbonyl (C=O) groups excluding carboxylic acids is 1. The number of hydrogen-bond acceptors (Lipinski definition) is 4. The number of anilines is 1. The maximum absolute atomic E-state index is 12.0. The highest BCUT2D eigenvalue weighted by atomic mass is 79.9. The van der Waals surface area contributed by atoms with E-state index < -0.39 is 6.03 Å². The van der Waals surface area contributed by atoms with Crippen LogP contribution in [0.1, 0.15) is 16.7 Å². The highest BCUT2D eigenvalue weighted by molar-refractivity contribution is 9.10. The number of benzene rings is 2. The normalized spacial score (nSPS) is 10.5. The lowest BCUT2D eigenvalue weighted by Gasteiger charge is -2.24. The molecule has 0 aliphatic carbocycles. The molecule has 0 unspecified atom stereocenters. The summed E-state index contributed by atoms with van der Waals surface area (Å²) in [7, 11) is 1.42. The van der Waals surface area contributed by atoms with E-state index in [1.165, 1.54) is 7.05 Å². The molecule has 0 atom stereocenters. The summed E-state index contributed by atoms with van der Waals surface area (Å²) < 4.78 is 6.69. The van der Waals surface area contributed by atoms with Crippen molar-refractivity contribution in [1.29, 1.82) is 0 Å². The summed E-state index contributed by atoms with van der Waals surface area (Å²) in [5.74, 6) is 12.1. The molecule has 25 heavy (non-hydrogen) atoms. The Morgan fingerprint density at radius 3 is 2.56 bits per heavy atom. The third-order valence-electron chi connectivity index (χ3n) is 3.69. The standard InChI is InChI=1S/C17H20BrClN4O2/c1-10-7-11(2)16(8-14(10)19)25-9-12-13(18)5-4-6-15(12)23(21)17(24)22(3)20/h4-8H,9,20-21H2,1-3H3. The Hall–Kier alpha value is -1.80. The quantitative estimate of drug-likeness (QED) is 0.440. The Morgan fingerprint density at radius 1 is 1.24 bits per heavy atom. The molecule has 0 heterocycles. The Balaban J connectivity index is 2.31. The van der Waals surface area contributed by atoms with Crippen LogP contribution in [0.25, 0.3) is 0 Å². The van der Waals surface area contributed by atoms with Gasteiger partial charge in [0, 0.05) is 22.1 Å². The SMILES string of the molecule is Cc1cc(C)c(OCc2c(Br)cccc2N(N)C(=O)N(C)N)cc1Cl. The zero-order valence-corrected chi connectivity index (χ0v) is 16.6. The third-order valence-corrected chi connectivity index (χ3v) is 4.84. The van der Waals surface area contributed by atoms with Crippen LogP contribution in [0.2, 0.25) is 5.02 Å². The summed E-state index contributed by atoms with van der Waals surface area (Å²) in [5.41, 5.74) is 3.17. The van der Waals surface area contributed by atoms with Gasteiger partial charge in [-0.15, -0.1) is 0 Å². The summed E-state index contributed by atoms with van der Waals surface area (Å²) >= 11 is 9.65. The monoisotopic (exact) mass is 426 g/mol. The van der Waals surface area contributed by atoms with E-state index >= 15 is 0 Å². The Kier molecular flexibility index (Phi) is 6.29.